The van der Waals surface area contributed by atoms with Gasteiger partial charge in [-0.25, -0.2) is 4.98 Å². The molecule has 0 aliphatic carbocycles. The van der Waals surface area contributed by atoms with Gasteiger partial charge in [0.05, 0.1) is 22.7 Å². The topological polar surface area (TPSA) is 86.5 Å². The zero-order chi connectivity index (χ0) is 39.0. The second-order valence-corrected chi connectivity index (χ2v) is 15.2. The third kappa shape index (κ3) is 12.9. The maximum absolute atomic E-state index is 12.9. The summed E-state index contributed by atoms with van der Waals surface area (Å²) in [4.78, 5) is 19.5. The van der Waals surface area contributed by atoms with Crippen LogP contribution in [-0.2, 0) is 10.2 Å². The van der Waals surface area contributed by atoms with Crippen molar-refractivity contribution in [2.45, 2.75) is 44.4 Å². The number of methoxy groups -OCH3 is 2. The number of halogens is 2. The number of thioether (sulfide) groups is 1. The number of hydrogen-bond acceptors (Lipinski definition) is 8. The Labute approximate surface area is 332 Å². The van der Waals surface area contributed by atoms with Crippen molar-refractivity contribution in [3.63, 3.8) is 0 Å². The number of nitrogen functional groups attached to an aromatic ring is 1. The summed E-state index contributed by atoms with van der Waals surface area (Å²) in [5.41, 5.74) is 10.9. The van der Waals surface area contributed by atoms with Gasteiger partial charge in [-0.3, -0.25) is 4.79 Å². The van der Waals surface area contributed by atoms with Crippen molar-refractivity contribution in [1.82, 2.24) is 4.98 Å². The van der Waals surface area contributed by atoms with E-state index in [1.807, 2.05) is 42.5 Å². The number of allylic oxidation sites excluding steroid dienone is 4. The fourth-order valence-electron chi connectivity index (χ4n) is 4.92. The molecule has 0 spiro atoms. The van der Waals surface area contributed by atoms with Gasteiger partial charge >= 0.3 is 0 Å². The van der Waals surface area contributed by atoms with E-state index in [1.165, 1.54) is 11.1 Å². The number of carbonyl (C=O) groups is 1. The summed E-state index contributed by atoms with van der Waals surface area (Å²) in [5, 5.41) is 4.25. The van der Waals surface area contributed by atoms with Crippen molar-refractivity contribution in [3.8, 4) is 5.75 Å². The van der Waals surface area contributed by atoms with E-state index in [0.717, 1.165) is 44.6 Å². The van der Waals surface area contributed by atoms with Crippen molar-refractivity contribution in [3.05, 3.63) is 164 Å². The van der Waals surface area contributed by atoms with Crippen LogP contribution in [0.25, 0.3) is 0 Å². The molecule has 0 aliphatic rings. The van der Waals surface area contributed by atoms with Crippen LogP contribution >= 0.6 is 46.3 Å². The number of ketones is 1. The highest BCUT2D eigenvalue weighted by molar-refractivity contribution is 8.03. The molecule has 0 saturated heterocycles. The van der Waals surface area contributed by atoms with Gasteiger partial charge in [0, 0.05) is 35.1 Å². The van der Waals surface area contributed by atoms with E-state index in [2.05, 4.69) is 104 Å². The van der Waals surface area contributed by atoms with Crippen molar-refractivity contribution < 1.29 is 14.3 Å². The Balaban J connectivity index is 0.000000315. The van der Waals surface area contributed by atoms with Crippen LogP contribution in [0.4, 0.5) is 16.6 Å². The van der Waals surface area contributed by atoms with E-state index < -0.39 is 0 Å². The molecule has 1 aromatic heterocycles. The van der Waals surface area contributed by atoms with E-state index in [4.69, 9.17) is 33.7 Å². The van der Waals surface area contributed by atoms with Crippen LogP contribution in [-0.4, -0.2) is 32.1 Å². The molecular weight excluding hydrogens is 742 g/mol. The minimum atomic E-state index is -0.351. The number of benzene rings is 4. The Morgan fingerprint density at radius 2 is 1.51 bits per heavy atom. The summed E-state index contributed by atoms with van der Waals surface area (Å²) in [7, 11) is 4.94. The molecule has 0 amide bonds. The number of thiazole rings is 1. The van der Waals surface area contributed by atoms with Gasteiger partial charge in [0.15, 0.2) is 5.13 Å². The highest BCUT2D eigenvalue weighted by Crippen LogP contribution is 2.35. The van der Waals surface area contributed by atoms with Crippen molar-refractivity contribution in [2.75, 3.05) is 32.4 Å². The maximum atomic E-state index is 12.9. The lowest BCUT2D eigenvalue weighted by Gasteiger charge is -2.26. The summed E-state index contributed by atoms with van der Waals surface area (Å²) in [6.45, 7) is 12.8. The third-order valence-corrected chi connectivity index (χ3v) is 10.2. The smallest absolute Gasteiger partial charge is 0.209 e. The molecule has 4 aromatic carbocycles. The number of hydrogen-bond donors (Lipinski definition) is 2. The lowest BCUT2D eigenvalue weighted by Crippen LogP contribution is -2.18. The molecule has 3 N–H and O–H groups in total. The minimum absolute atomic E-state index is 0.0214. The van der Waals surface area contributed by atoms with Crippen LogP contribution in [0.5, 0.6) is 5.75 Å². The molecule has 278 valence electrons. The number of ether oxygens (including phenoxy) is 2. The van der Waals surface area contributed by atoms with Crippen LogP contribution in [0.2, 0.25) is 10.0 Å². The summed E-state index contributed by atoms with van der Waals surface area (Å²) in [6.07, 6.45) is 7.29. The van der Waals surface area contributed by atoms with Gasteiger partial charge in [-0.15, -0.1) is 0 Å². The molecule has 0 radical (unpaired) electrons. The van der Waals surface area contributed by atoms with Crippen molar-refractivity contribution >= 4 is 68.7 Å². The Morgan fingerprint density at radius 1 is 0.925 bits per heavy atom. The molecule has 10 heteroatoms. The van der Waals surface area contributed by atoms with Gasteiger partial charge in [-0.1, -0.05) is 140 Å². The first-order valence-corrected chi connectivity index (χ1v) is 19.2. The van der Waals surface area contributed by atoms with Crippen LogP contribution < -0.4 is 15.8 Å². The zero-order valence-electron chi connectivity index (χ0n) is 31.2. The molecule has 0 bridgehead atoms. The number of nitrogens with two attached hydrogens (primary N) is 1. The molecule has 1 heterocycles. The first kappa shape index (κ1) is 43.1. The molecule has 0 atom stereocenters. The van der Waals surface area contributed by atoms with Gasteiger partial charge in [-0.05, 0) is 79.1 Å². The van der Waals surface area contributed by atoms with E-state index in [0.29, 0.717) is 5.13 Å². The first-order valence-electron chi connectivity index (χ1n) is 16.8. The van der Waals surface area contributed by atoms with E-state index in [9.17, 15) is 4.79 Å². The average molecular weight is 789 g/mol. The minimum Gasteiger partial charge on any atom is -0.497 e. The molecule has 0 saturated carbocycles. The number of nitrogens with zero attached hydrogens (tertiary/aromatic N) is 1. The number of carbonyl (C=O) groups excluding carboxylic acids is 1. The summed E-state index contributed by atoms with van der Waals surface area (Å²) in [6, 6.07) is 31.6. The molecule has 5 rings (SSSR count). The molecule has 5 aromatic rings. The number of nitrogens with one attached hydrogen (secondary N) is 1. The highest BCUT2D eigenvalue weighted by atomic mass is 35.5. The Hall–Kier alpha value is -4.31. The number of rotatable bonds is 12. The molecule has 6 nitrogen and oxygen atoms in total. The van der Waals surface area contributed by atoms with Gasteiger partial charge in [-0.2, -0.15) is 0 Å². The molecule has 53 heavy (non-hydrogen) atoms. The van der Waals surface area contributed by atoms with Crippen LogP contribution in [0, 0.1) is 0 Å². The Morgan fingerprint density at radius 3 is 2.08 bits per heavy atom. The Bertz CT molecular complexity index is 1970. The largest absolute Gasteiger partial charge is 0.497 e. The SMILES string of the molecule is C=C(/C=C(C)\C=C/CC)Sc1ccc(Nc2nc(N)c(C(=O)c3c(Cl)cccc3Cl)s2)cc1.COC.COc1ccc(C(C)(C)c2ccccc2)cc1. The number of anilines is 3. The van der Waals surface area contributed by atoms with E-state index in [1.54, 1.807) is 51.3 Å². The van der Waals surface area contributed by atoms with Gasteiger partial charge in [0.25, 0.3) is 0 Å². The molecule has 0 fully saturated rings. The van der Waals surface area contributed by atoms with Gasteiger partial charge in [0.2, 0.25) is 5.78 Å². The lowest BCUT2D eigenvalue weighted by molar-refractivity contribution is 0.104. The van der Waals surface area contributed by atoms with Crippen molar-refractivity contribution in [1.29, 1.82) is 0 Å². The van der Waals surface area contributed by atoms with Crippen LogP contribution in [0.15, 0.2) is 137 Å². The average Bonchev–Trinajstić information content (AvgIpc) is 3.51. The normalized spacial score (nSPS) is 11.2. The highest BCUT2D eigenvalue weighted by Gasteiger charge is 2.23. The maximum Gasteiger partial charge on any atom is 0.209 e. The summed E-state index contributed by atoms with van der Waals surface area (Å²) >= 11 is 15.1. The molecule has 0 aliphatic heterocycles. The third-order valence-electron chi connectivity index (χ3n) is 7.72. The fourth-order valence-corrected chi connectivity index (χ4v) is 7.16. The van der Waals surface area contributed by atoms with Crippen LogP contribution in [0.3, 0.4) is 0 Å². The molecular formula is C43H47Cl2N3O3S2. The van der Waals surface area contributed by atoms with Crippen molar-refractivity contribution in [2.24, 2.45) is 0 Å². The quantitative estimate of drug-likeness (QED) is 0.0739. The monoisotopic (exact) mass is 787 g/mol. The standard InChI is InChI=1S/C25H23Cl2N3OS2.C16H18O.C2H6O/c1-4-5-7-15(2)14-16(3)32-18-12-10-17(11-13-18)29-25-30-24(28)23(33-25)22(31)21-19(26)8-6-9-20(21)27;1-16(2,13-7-5-4-6-8-13)14-9-11-15(17-3)12-10-14;1-3-2/h5-14H,3-4,28H2,1-2H3,(H,29,30);4-12H,1-3H3;1-2H3/b7-5-,15-14-;;. The predicted molar refractivity (Wildman–Crippen MR) is 229 cm³/mol. The first-order chi connectivity index (χ1) is 25.3. The second-order valence-electron chi connectivity index (χ2n) is 12.2. The van der Waals surface area contributed by atoms with Gasteiger partial charge in [0.1, 0.15) is 16.4 Å². The summed E-state index contributed by atoms with van der Waals surface area (Å²) in [5.74, 6) is 0.680. The molecule has 0 unspecified atom stereocenters. The fraction of sp³-hybridized carbons (Fsp3) is 0.209. The van der Waals surface area contributed by atoms with Gasteiger partial charge < -0.3 is 20.5 Å². The van der Waals surface area contributed by atoms with Crippen LogP contribution in [0.1, 0.15) is 60.5 Å². The second kappa shape index (κ2) is 21.4. The number of aromatic nitrogens is 1. The lowest BCUT2D eigenvalue weighted by atomic mass is 9.78. The zero-order valence-corrected chi connectivity index (χ0v) is 34.4. The summed E-state index contributed by atoms with van der Waals surface area (Å²) < 4.78 is 9.44. The Kier molecular flexibility index (Phi) is 17.4. The predicted octanol–water partition coefficient (Wildman–Crippen LogP) is 12.8. The van der Waals surface area contributed by atoms with E-state index in [-0.39, 0.29) is 37.5 Å². The van der Waals surface area contributed by atoms with E-state index >= 15 is 0 Å².